The molecule has 1 heterocycles. The van der Waals surface area contributed by atoms with Gasteiger partial charge in [0.2, 0.25) is 5.91 Å². The lowest BCUT2D eigenvalue weighted by molar-refractivity contribution is -0.127. The summed E-state index contributed by atoms with van der Waals surface area (Å²) in [4.78, 5) is 15.7. The molecule has 1 aliphatic rings. The number of likely N-dealkylation sites (tertiary alicyclic amines) is 1. The number of nitrogens with zero attached hydrogens (tertiary/aromatic N) is 1. The Morgan fingerprint density at radius 2 is 1.60 bits per heavy atom. The van der Waals surface area contributed by atoms with E-state index in [9.17, 15) is 15.0 Å². The van der Waals surface area contributed by atoms with Crippen molar-refractivity contribution in [1.82, 2.24) is 10.2 Å². The average molecular weight is 619 g/mol. The lowest BCUT2D eigenvalue weighted by Crippen LogP contribution is -2.48. The van der Waals surface area contributed by atoms with E-state index in [0.29, 0.717) is 35.9 Å². The molecule has 45 heavy (non-hydrogen) atoms. The van der Waals surface area contributed by atoms with Crippen molar-refractivity contribution >= 4 is 5.91 Å². The summed E-state index contributed by atoms with van der Waals surface area (Å²) in [7, 11) is 3.05. The van der Waals surface area contributed by atoms with Gasteiger partial charge in [-0.1, -0.05) is 60.7 Å². The quantitative estimate of drug-likeness (QED) is 0.181. The SMILES string of the molecule is COc1cc(OCC(O)CN2CCCC(C(=O)NC(CCCc3ccccc3)CCCc3ccccc3)C2)cc(CO)c1OC. The monoisotopic (exact) mass is 618 g/mol. The average Bonchev–Trinajstić information content (AvgIpc) is 3.07. The van der Waals surface area contributed by atoms with Crippen LogP contribution in [0, 0.1) is 5.92 Å². The fourth-order valence-corrected chi connectivity index (χ4v) is 6.20. The van der Waals surface area contributed by atoms with E-state index in [2.05, 4.69) is 58.7 Å². The smallest absolute Gasteiger partial charge is 0.224 e. The maximum Gasteiger partial charge on any atom is 0.224 e. The largest absolute Gasteiger partial charge is 0.493 e. The second-order valence-electron chi connectivity index (χ2n) is 12.0. The Morgan fingerprint density at radius 3 is 2.18 bits per heavy atom. The Balaban J connectivity index is 1.27. The molecule has 0 saturated carbocycles. The number of benzene rings is 3. The van der Waals surface area contributed by atoms with Gasteiger partial charge in [-0.2, -0.15) is 0 Å². The molecule has 1 fully saturated rings. The number of rotatable bonds is 18. The molecule has 8 heteroatoms. The van der Waals surface area contributed by atoms with E-state index >= 15 is 0 Å². The number of aliphatic hydroxyl groups is 2. The van der Waals surface area contributed by atoms with Gasteiger partial charge in [0.1, 0.15) is 18.5 Å². The molecule has 0 aliphatic carbocycles. The summed E-state index contributed by atoms with van der Waals surface area (Å²) >= 11 is 0. The molecule has 3 N–H and O–H groups in total. The molecule has 3 aromatic rings. The first kappa shape index (κ1) is 34.3. The first-order chi connectivity index (χ1) is 22.0. The number of carbonyl (C=O) groups excluding carboxylic acids is 1. The minimum Gasteiger partial charge on any atom is -0.493 e. The molecule has 2 atom stereocenters. The number of nitrogens with one attached hydrogen (secondary N) is 1. The van der Waals surface area contributed by atoms with Crippen molar-refractivity contribution in [3.05, 3.63) is 89.5 Å². The number of β-amino-alcohol motifs (C(OH)–C–C–N with tert-alkyl or cyclic N) is 1. The maximum atomic E-state index is 13.5. The lowest BCUT2D eigenvalue weighted by atomic mass is 9.94. The summed E-state index contributed by atoms with van der Waals surface area (Å²) in [5.74, 6) is 1.42. The Hall–Kier alpha value is -3.59. The first-order valence-electron chi connectivity index (χ1n) is 16.3. The predicted molar refractivity (Wildman–Crippen MR) is 177 cm³/mol. The van der Waals surface area contributed by atoms with Gasteiger partial charge in [0.25, 0.3) is 0 Å². The molecule has 4 rings (SSSR count). The van der Waals surface area contributed by atoms with Gasteiger partial charge in [-0.25, -0.2) is 0 Å². The normalized spacial score (nSPS) is 15.9. The molecule has 1 saturated heterocycles. The number of hydrogen-bond acceptors (Lipinski definition) is 7. The number of hydrogen-bond donors (Lipinski definition) is 3. The Labute approximate surface area is 268 Å². The highest BCUT2D eigenvalue weighted by molar-refractivity contribution is 5.79. The summed E-state index contributed by atoms with van der Waals surface area (Å²) < 4.78 is 16.6. The van der Waals surface area contributed by atoms with Crippen LogP contribution in [0.4, 0.5) is 0 Å². The number of ether oxygens (including phenoxy) is 3. The number of methoxy groups -OCH3 is 2. The highest BCUT2D eigenvalue weighted by Crippen LogP contribution is 2.35. The van der Waals surface area contributed by atoms with Crippen molar-refractivity contribution in [2.24, 2.45) is 5.92 Å². The van der Waals surface area contributed by atoms with Crippen LogP contribution in [-0.2, 0) is 24.2 Å². The van der Waals surface area contributed by atoms with Crippen LogP contribution < -0.4 is 19.5 Å². The highest BCUT2D eigenvalue weighted by Gasteiger charge is 2.28. The van der Waals surface area contributed by atoms with Gasteiger partial charge in [0, 0.05) is 30.8 Å². The van der Waals surface area contributed by atoms with Gasteiger partial charge in [0.15, 0.2) is 11.5 Å². The molecule has 0 spiro atoms. The third-order valence-electron chi connectivity index (χ3n) is 8.56. The van der Waals surface area contributed by atoms with Gasteiger partial charge in [-0.05, 0) is 75.1 Å². The maximum absolute atomic E-state index is 13.5. The van der Waals surface area contributed by atoms with Crippen molar-refractivity contribution < 1.29 is 29.2 Å². The molecule has 244 valence electrons. The zero-order valence-electron chi connectivity index (χ0n) is 26.8. The Morgan fingerprint density at radius 1 is 0.956 bits per heavy atom. The van der Waals surface area contributed by atoms with Crippen LogP contribution in [0.15, 0.2) is 72.8 Å². The summed E-state index contributed by atoms with van der Waals surface area (Å²) in [5.41, 5.74) is 3.21. The molecule has 0 bridgehead atoms. The van der Waals surface area contributed by atoms with Gasteiger partial charge in [0.05, 0.1) is 26.7 Å². The van der Waals surface area contributed by atoms with Crippen LogP contribution in [-0.4, -0.2) is 73.6 Å². The Kier molecular flexibility index (Phi) is 14.0. The first-order valence-corrected chi connectivity index (χ1v) is 16.3. The van der Waals surface area contributed by atoms with E-state index in [0.717, 1.165) is 57.9 Å². The summed E-state index contributed by atoms with van der Waals surface area (Å²) in [6.45, 7) is 1.73. The Bertz CT molecular complexity index is 1220. The zero-order chi connectivity index (χ0) is 31.9. The number of carbonyl (C=O) groups is 1. The minimum atomic E-state index is -0.735. The van der Waals surface area contributed by atoms with Crippen molar-refractivity contribution in [1.29, 1.82) is 0 Å². The minimum absolute atomic E-state index is 0.0820. The topological polar surface area (TPSA) is 100 Å². The van der Waals surface area contributed by atoms with Gasteiger partial charge >= 0.3 is 0 Å². The molecular weight excluding hydrogens is 568 g/mol. The van der Waals surface area contributed by atoms with Crippen LogP contribution in [0.3, 0.4) is 0 Å². The molecule has 2 unspecified atom stereocenters. The van der Waals surface area contributed by atoms with Crippen LogP contribution in [0.1, 0.15) is 55.2 Å². The van der Waals surface area contributed by atoms with Gasteiger partial charge in [-0.15, -0.1) is 0 Å². The predicted octanol–water partition coefficient (Wildman–Crippen LogP) is 5.18. The number of amides is 1. The van der Waals surface area contributed by atoms with E-state index in [1.165, 1.54) is 25.3 Å². The molecule has 8 nitrogen and oxygen atoms in total. The molecule has 0 aromatic heterocycles. The lowest BCUT2D eigenvalue weighted by Gasteiger charge is -2.34. The van der Waals surface area contributed by atoms with E-state index in [4.69, 9.17) is 14.2 Å². The van der Waals surface area contributed by atoms with E-state index in [-0.39, 0.29) is 31.1 Å². The molecular formula is C37H50N2O6. The number of aliphatic hydroxyl groups excluding tert-OH is 2. The van der Waals surface area contributed by atoms with Crippen molar-refractivity contribution in [3.8, 4) is 17.2 Å². The van der Waals surface area contributed by atoms with Crippen LogP contribution in [0.5, 0.6) is 17.2 Å². The van der Waals surface area contributed by atoms with E-state index in [1.807, 2.05) is 12.1 Å². The van der Waals surface area contributed by atoms with Crippen LogP contribution >= 0.6 is 0 Å². The van der Waals surface area contributed by atoms with E-state index < -0.39 is 6.10 Å². The van der Waals surface area contributed by atoms with Gasteiger partial charge < -0.3 is 29.7 Å². The van der Waals surface area contributed by atoms with E-state index in [1.54, 1.807) is 12.1 Å². The van der Waals surface area contributed by atoms with Gasteiger partial charge in [-0.3, -0.25) is 9.69 Å². The molecule has 1 aliphatic heterocycles. The summed E-state index contributed by atoms with van der Waals surface area (Å²) in [5, 5.41) is 23.9. The third kappa shape index (κ3) is 11.1. The van der Waals surface area contributed by atoms with Crippen molar-refractivity contribution in [2.45, 2.75) is 70.1 Å². The number of aryl methyl sites for hydroxylation is 2. The molecule has 3 aromatic carbocycles. The van der Waals surface area contributed by atoms with Crippen molar-refractivity contribution in [3.63, 3.8) is 0 Å². The second-order valence-corrected chi connectivity index (χ2v) is 12.0. The fraction of sp³-hybridized carbons (Fsp3) is 0.486. The summed E-state index contributed by atoms with van der Waals surface area (Å²) in [6.07, 6.45) is 7.01. The van der Waals surface area contributed by atoms with Crippen LogP contribution in [0.2, 0.25) is 0 Å². The standard InChI is InChI=1S/C37H50N2O6/c1-43-35-23-34(22-31(26-40)36(35)44-2)45-27-33(41)25-39-21-11-18-30(24-39)37(42)38-32(19-9-16-28-12-5-3-6-13-28)20-10-17-29-14-7-4-8-15-29/h3-8,12-15,22-23,30,32-33,40-41H,9-11,16-21,24-27H2,1-2H3,(H,38,42). The third-order valence-corrected chi connectivity index (χ3v) is 8.56. The number of piperidine rings is 1. The molecule has 1 amide bonds. The van der Waals surface area contributed by atoms with Crippen molar-refractivity contribution in [2.75, 3.05) is 40.5 Å². The highest BCUT2D eigenvalue weighted by atomic mass is 16.5. The fourth-order valence-electron chi connectivity index (χ4n) is 6.20. The zero-order valence-corrected chi connectivity index (χ0v) is 26.8. The molecule has 0 radical (unpaired) electrons. The van der Waals surface area contributed by atoms with Crippen LogP contribution in [0.25, 0.3) is 0 Å². The second kappa shape index (κ2) is 18.4. The summed E-state index contributed by atoms with van der Waals surface area (Å²) in [6, 6.07) is 24.6.